The van der Waals surface area contributed by atoms with Crippen LogP contribution in [0.2, 0.25) is 0 Å². The second kappa shape index (κ2) is 4.79. The molecule has 78 valence electrons. The van der Waals surface area contributed by atoms with E-state index in [0.717, 1.165) is 17.8 Å². The fourth-order valence-electron chi connectivity index (χ4n) is 1.23. The number of amides is 1. The summed E-state index contributed by atoms with van der Waals surface area (Å²) in [5.74, 6) is 0.0933. The molecule has 0 spiro atoms. The molecule has 1 aromatic heterocycles. The minimum Gasteiger partial charge on any atom is -0.350 e. The van der Waals surface area contributed by atoms with E-state index in [-0.39, 0.29) is 5.91 Å². The number of rotatable bonds is 4. The van der Waals surface area contributed by atoms with Crippen LogP contribution in [0.5, 0.6) is 0 Å². The van der Waals surface area contributed by atoms with Crippen molar-refractivity contribution < 1.29 is 4.79 Å². The summed E-state index contributed by atoms with van der Waals surface area (Å²) in [5, 5.41) is 7.07. The van der Waals surface area contributed by atoms with Crippen LogP contribution in [-0.2, 0) is 18.4 Å². The van der Waals surface area contributed by atoms with Crippen LogP contribution in [0.15, 0.2) is 6.07 Å². The third kappa shape index (κ3) is 2.87. The van der Waals surface area contributed by atoms with Gasteiger partial charge in [0.1, 0.15) is 0 Å². The normalized spacial score (nSPS) is 10.2. The van der Waals surface area contributed by atoms with Gasteiger partial charge in [0.05, 0.1) is 12.2 Å². The highest BCUT2D eigenvalue weighted by molar-refractivity contribution is 5.75. The van der Waals surface area contributed by atoms with Gasteiger partial charge in [-0.15, -0.1) is 0 Å². The molecule has 1 amide bonds. The van der Waals surface area contributed by atoms with Crippen LogP contribution in [0.4, 0.5) is 0 Å². The molecule has 4 nitrogen and oxygen atoms in total. The Labute approximate surface area is 84.3 Å². The first kappa shape index (κ1) is 10.8. The molecule has 0 radical (unpaired) electrons. The molecule has 0 aromatic carbocycles. The van der Waals surface area contributed by atoms with Crippen molar-refractivity contribution in [3.05, 3.63) is 17.5 Å². The summed E-state index contributed by atoms with van der Waals surface area (Å²) < 4.78 is 1.81. The molecule has 14 heavy (non-hydrogen) atoms. The lowest BCUT2D eigenvalue weighted by atomic mass is 10.3. The van der Waals surface area contributed by atoms with Gasteiger partial charge >= 0.3 is 0 Å². The van der Waals surface area contributed by atoms with Crippen LogP contribution in [0.3, 0.4) is 0 Å². The molecule has 0 atom stereocenters. The lowest BCUT2D eigenvalue weighted by Gasteiger charge is -2.00. The van der Waals surface area contributed by atoms with E-state index in [2.05, 4.69) is 10.4 Å². The smallest absolute Gasteiger partial charge is 0.220 e. The number of aromatic nitrogens is 2. The molecule has 0 saturated carbocycles. The van der Waals surface area contributed by atoms with Gasteiger partial charge in [-0.25, -0.2) is 0 Å². The van der Waals surface area contributed by atoms with Crippen molar-refractivity contribution in [3.8, 4) is 0 Å². The van der Waals surface area contributed by atoms with Gasteiger partial charge in [-0.05, 0) is 19.4 Å². The zero-order valence-corrected chi connectivity index (χ0v) is 9.00. The number of hydrogen-bond acceptors (Lipinski definition) is 2. The van der Waals surface area contributed by atoms with Crippen LogP contribution in [0, 0.1) is 6.92 Å². The highest BCUT2D eigenvalue weighted by Gasteiger charge is 2.03. The number of nitrogens with one attached hydrogen (secondary N) is 1. The average Bonchev–Trinajstić information content (AvgIpc) is 2.44. The van der Waals surface area contributed by atoms with E-state index in [1.54, 1.807) is 4.68 Å². The van der Waals surface area contributed by atoms with Crippen LogP contribution in [-0.4, -0.2) is 15.7 Å². The minimum atomic E-state index is 0.0933. The van der Waals surface area contributed by atoms with Crippen molar-refractivity contribution in [1.82, 2.24) is 15.1 Å². The van der Waals surface area contributed by atoms with Crippen molar-refractivity contribution in [2.24, 2.45) is 7.05 Å². The Bertz CT molecular complexity index is 298. The van der Waals surface area contributed by atoms with E-state index in [0.29, 0.717) is 13.0 Å². The fraction of sp³-hybridized carbons (Fsp3) is 0.600. The molecule has 1 rings (SSSR count). The van der Waals surface area contributed by atoms with Gasteiger partial charge in [0.25, 0.3) is 0 Å². The molecule has 0 fully saturated rings. The zero-order valence-electron chi connectivity index (χ0n) is 9.00. The molecule has 0 aliphatic rings. The fourth-order valence-corrected chi connectivity index (χ4v) is 1.23. The highest BCUT2D eigenvalue weighted by Crippen LogP contribution is 2.00. The Morgan fingerprint density at radius 3 is 2.86 bits per heavy atom. The Hall–Kier alpha value is -1.32. The van der Waals surface area contributed by atoms with E-state index in [1.807, 2.05) is 27.0 Å². The van der Waals surface area contributed by atoms with Gasteiger partial charge in [-0.3, -0.25) is 9.48 Å². The largest absolute Gasteiger partial charge is 0.350 e. The Morgan fingerprint density at radius 1 is 1.64 bits per heavy atom. The molecular weight excluding hydrogens is 178 g/mol. The minimum absolute atomic E-state index is 0.0933. The first-order valence-electron chi connectivity index (χ1n) is 4.89. The lowest BCUT2D eigenvalue weighted by Crippen LogP contribution is -2.22. The average molecular weight is 195 g/mol. The summed E-state index contributed by atoms with van der Waals surface area (Å²) in [4.78, 5) is 11.2. The van der Waals surface area contributed by atoms with E-state index < -0.39 is 0 Å². The molecule has 0 unspecified atom stereocenters. The maximum absolute atomic E-state index is 11.2. The Balaban J connectivity index is 2.42. The third-order valence-corrected chi connectivity index (χ3v) is 2.11. The van der Waals surface area contributed by atoms with Gasteiger partial charge in [0.15, 0.2) is 0 Å². The molecule has 0 bridgehead atoms. The molecule has 1 heterocycles. The predicted octanol–water partition coefficient (Wildman–Crippen LogP) is 1.14. The number of carbonyl (C=O) groups is 1. The maximum Gasteiger partial charge on any atom is 0.220 e. The van der Waals surface area contributed by atoms with E-state index in [4.69, 9.17) is 0 Å². The van der Waals surface area contributed by atoms with E-state index >= 15 is 0 Å². The van der Waals surface area contributed by atoms with Crippen molar-refractivity contribution >= 4 is 5.91 Å². The number of nitrogens with zero attached hydrogens (tertiary/aromatic N) is 2. The van der Waals surface area contributed by atoms with Crippen molar-refractivity contribution in [2.75, 3.05) is 0 Å². The summed E-state index contributed by atoms with van der Waals surface area (Å²) in [6, 6.07) is 1.98. The molecule has 1 N–H and O–H groups in total. The predicted molar refractivity (Wildman–Crippen MR) is 54.7 cm³/mol. The summed E-state index contributed by atoms with van der Waals surface area (Å²) in [6.07, 6.45) is 1.47. The van der Waals surface area contributed by atoms with Gasteiger partial charge in [-0.1, -0.05) is 6.92 Å². The van der Waals surface area contributed by atoms with Crippen molar-refractivity contribution in [1.29, 1.82) is 0 Å². The van der Waals surface area contributed by atoms with Crippen LogP contribution in [0.25, 0.3) is 0 Å². The third-order valence-electron chi connectivity index (χ3n) is 2.11. The van der Waals surface area contributed by atoms with E-state index in [1.165, 1.54) is 0 Å². The van der Waals surface area contributed by atoms with Crippen molar-refractivity contribution in [2.45, 2.75) is 33.2 Å². The number of hydrogen-bond donors (Lipinski definition) is 1. The summed E-state index contributed by atoms with van der Waals surface area (Å²) >= 11 is 0. The molecule has 0 saturated heterocycles. The van der Waals surface area contributed by atoms with Gasteiger partial charge < -0.3 is 5.32 Å². The number of carbonyl (C=O) groups excluding carboxylic acids is 1. The zero-order chi connectivity index (χ0) is 10.6. The molecule has 0 aliphatic heterocycles. The molecular formula is C10H17N3O. The van der Waals surface area contributed by atoms with Gasteiger partial charge in [-0.2, -0.15) is 5.10 Å². The standard InChI is InChI=1S/C10H17N3O/c1-4-5-10(14)11-7-9-6-8(2)13(3)12-9/h6H,4-5,7H2,1-3H3,(H,11,14). The quantitative estimate of drug-likeness (QED) is 0.783. The second-order valence-corrected chi connectivity index (χ2v) is 3.43. The Kier molecular flexibility index (Phi) is 3.68. The SMILES string of the molecule is CCCC(=O)NCc1cc(C)n(C)n1. The van der Waals surface area contributed by atoms with Gasteiger partial charge in [0, 0.05) is 19.2 Å². The maximum atomic E-state index is 11.2. The summed E-state index contributed by atoms with van der Waals surface area (Å²) in [6.45, 7) is 4.51. The molecule has 0 aliphatic carbocycles. The summed E-state index contributed by atoms with van der Waals surface area (Å²) in [7, 11) is 1.90. The van der Waals surface area contributed by atoms with Crippen LogP contribution in [0.1, 0.15) is 31.2 Å². The first-order chi connectivity index (χ1) is 6.63. The van der Waals surface area contributed by atoms with Crippen LogP contribution < -0.4 is 5.32 Å². The monoisotopic (exact) mass is 195 g/mol. The molecule has 1 aromatic rings. The highest BCUT2D eigenvalue weighted by atomic mass is 16.1. The lowest BCUT2D eigenvalue weighted by molar-refractivity contribution is -0.121. The van der Waals surface area contributed by atoms with E-state index in [9.17, 15) is 4.79 Å². The topological polar surface area (TPSA) is 46.9 Å². The van der Waals surface area contributed by atoms with Crippen molar-refractivity contribution in [3.63, 3.8) is 0 Å². The van der Waals surface area contributed by atoms with Crippen LogP contribution >= 0.6 is 0 Å². The first-order valence-corrected chi connectivity index (χ1v) is 4.89. The van der Waals surface area contributed by atoms with Gasteiger partial charge in [0.2, 0.25) is 5.91 Å². The second-order valence-electron chi connectivity index (χ2n) is 3.43. The Morgan fingerprint density at radius 2 is 2.36 bits per heavy atom. The molecule has 4 heteroatoms. The summed E-state index contributed by atoms with van der Waals surface area (Å²) in [5.41, 5.74) is 2.01. The number of aryl methyl sites for hydroxylation is 2.